The smallest absolute Gasteiger partial charge is 0.219 e. The van der Waals surface area contributed by atoms with Crippen molar-refractivity contribution in [1.82, 2.24) is 24.1 Å². The molecule has 1 amide bonds. The van der Waals surface area contributed by atoms with Gasteiger partial charge < -0.3 is 15.2 Å². The van der Waals surface area contributed by atoms with Crippen molar-refractivity contribution >= 4 is 33.3 Å². The number of nitrogens with zero attached hydrogens (tertiary/aromatic N) is 5. The van der Waals surface area contributed by atoms with Crippen LogP contribution in [0.5, 0.6) is 0 Å². The van der Waals surface area contributed by atoms with Gasteiger partial charge in [-0.05, 0) is 47.0 Å². The van der Waals surface area contributed by atoms with Crippen LogP contribution in [0.3, 0.4) is 0 Å². The number of nitrogens with two attached hydrogens (primary N) is 1. The van der Waals surface area contributed by atoms with Gasteiger partial charge in [0.1, 0.15) is 5.82 Å². The van der Waals surface area contributed by atoms with Gasteiger partial charge in [-0.15, -0.1) is 0 Å². The number of halogens is 1. The molecule has 2 N–H and O–H groups in total. The van der Waals surface area contributed by atoms with Crippen LogP contribution < -0.4 is 5.73 Å². The highest BCUT2D eigenvalue weighted by Crippen LogP contribution is 2.37. The number of rotatable bonds is 3. The van der Waals surface area contributed by atoms with Crippen molar-refractivity contribution in [2.24, 2.45) is 0 Å². The third-order valence-corrected chi connectivity index (χ3v) is 6.85. The summed E-state index contributed by atoms with van der Waals surface area (Å²) in [5.41, 5.74) is 11.2. The number of para-hydroxylation sites is 1. The molecule has 1 saturated heterocycles. The molecule has 5 rings (SSSR count). The number of nitrogen functional groups attached to an aromatic ring is 1. The molecule has 1 aromatic carbocycles. The van der Waals surface area contributed by atoms with Gasteiger partial charge in [0.2, 0.25) is 5.91 Å². The maximum atomic E-state index is 11.7. The Morgan fingerprint density at radius 3 is 2.61 bits per heavy atom. The van der Waals surface area contributed by atoms with E-state index in [1.165, 1.54) is 0 Å². The molecule has 1 aliphatic rings. The van der Waals surface area contributed by atoms with Crippen molar-refractivity contribution in [1.29, 1.82) is 0 Å². The third kappa shape index (κ3) is 3.50. The van der Waals surface area contributed by atoms with Crippen LogP contribution in [-0.2, 0) is 4.79 Å². The minimum absolute atomic E-state index is 0.126. The van der Waals surface area contributed by atoms with Crippen molar-refractivity contribution in [2.45, 2.75) is 25.7 Å². The summed E-state index contributed by atoms with van der Waals surface area (Å²) in [5.74, 6) is 0.915. The van der Waals surface area contributed by atoms with E-state index in [2.05, 4.69) is 50.0 Å². The fraction of sp³-hybridized carbons (Fsp3) is 0.261. The Labute approximate surface area is 188 Å². The quantitative estimate of drug-likeness (QED) is 0.476. The summed E-state index contributed by atoms with van der Waals surface area (Å²) in [4.78, 5) is 18.6. The average molecular weight is 479 g/mol. The number of carbonyl (C=O) groups excluding carboxylic acids is 1. The minimum Gasteiger partial charge on any atom is -0.383 e. The highest BCUT2D eigenvalue weighted by atomic mass is 79.9. The number of piperidine rings is 1. The van der Waals surface area contributed by atoms with Gasteiger partial charge >= 0.3 is 0 Å². The molecule has 158 valence electrons. The topological polar surface area (TPSA) is 81.5 Å². The van der Waals surface area contributed by atoms with Crippen molar-refractivity contribution in [3.05, 3.63) is 65.2 Å². The predicted molar refractivity (Wildman–Crippen MR) is 124 cm³/mol. The van der Waals surface area contributed by atoms with Gasteiger partial charge in [0, 0.05) is 55.1 Å². The lowest BCUT2D eigenvalue weighted by Crippen LogP contribution is -2.36. The van der Waals surface area contributed by atoms with E-state index in [-0.39, 0.29) is 11.8 Å². The number of fused-ring (bicyclic) bond motifs is 1. The van der Waals surface area contributed by atoms with E-state index in [0.717, 1.165) is 58.6 Å². The first-order valence-corrected chi connectivity index (χ1v) is 11.1. The maximum Gasteiger partial charge on any atom is 0.219 e. The Morgan fingerprint density at radius 1 is 1.16 bits per heavy atom. The van der Waals surface area contributed by atoms with Gasteiger partial charge in [-0.2, -0.15) is 9.61 Å². The summed E-state index contributed by atoms with van der Waals surface area (Å²) in [6.45, 7) is 3.11. The van der Waals surface area contributed by atoms with E-state index in [1.807, 2.05) is 35.5 Å². The second kappa shape index (κ2) is 7.85. The van der Waals surface area contributed by atoms with Crippen molar-refractivity contribution < 1.29 is 4.79 Å². The van der Waals surface area contributed by atoms with Gasteiger partial charge in [0.25, 0.3) is 0 Å². The number of hydrogen-bond donors (Lipinski definition) is 1. The zero-order valence-electron chi connectivity index (χ0n) is 17.2. The fourth-order valence-corrected chi connectivity index (χ4v) is 4.85. The van der Waals surface area contributed by atoms with E-state index in [1.54, 1.807) is 11.4 Å². The summed E-state index contributed by atoms with van der Waals surface area (Å²) < 4.78 is 4.56. The molecule has 4 aromatic rings. The van der Waals surface area contributed by atoms with Crippen LogP contribution in [0.25, 0.3) is 22.5 Å². The molecule has 1 fully saturated rings. The Morgan fingerprint density at radius 2 is 1.90 bits per heavy atom. The molecule has 8 heteroatoms. The van der Waals surface area contributed by atoms with Crippen LogP contribution in [0.4, 0.5) is 5.82 Å². The first-order chi connectivity index (χ1) is 15.0. The number of benzene rings is 1. The van der Waals surface area contributed by atoms with Crippen LogP contribution in [0.2, 0.25) is 0 Å². The van der Waals surface area contributed by atoms with Crippen LogP contribution in [0.15, 0.2) is 59.5 Å². The van der Waals surface area contributed by atoms with Crippen LogP contribution >= 0.6 is 15.9 Å². The van der Waals surface area contributed by atoms with Crippen LogP contribution in [-0.4, -0.2) is 43.1 Å². The molecule has 4 heterocycles. The van der Waals surface area contributed by atoms with E-state index < -0.39 is 0 Å². The van der Waals surface area contributed by atoms with E-state index in [9.17, 15) is 4.79 Å². The highest BCUT2D eigenvalue weighted by molar-refractivity contribution is 9.10. The van der Waals surface area contributed by atoms with Gasteiger partial charge in [-0.25, -0.2) is 4.98 Å². The predicted octanol–water partition coefficient (Wildman–Crippen LogP) is 4.26. The van der Waals surface area contributed by atoms with Crippen molar-refractivity contribution in [3.8, 4) is 16.8 Å². The molecule has 1 aliphatic heterocycles. The second-order valence-electron chi connectivity index (χ2n) is 7.91. The van der Waals surface area contributed by atoms with E-state index in [4.69, 9.17) is 10.7 Å². The fourth-order valence-electron chi connectivity index (χ4n) is 4.27. The molecule has 7 nitrogen and oxygen atoms in total. The lowest BCUT2D eigenvalue weighted by molar-refractivity contribution is -0.129. The SMILES string of the molecule is CC(=O)N1CCC(c2nc3c(-c4ccn(-c5ccccc5)c4)cnn3c(N)c2Br)CC1. The molecule has 0 radical (unpaired) electrons. The zero-order chi connectivity index (χ0) is 21.5. The number of anilines is 1. The number of hydrogen-bond acceptors (Lipinski definition) is 4. The van der Waals surface area contributed by atoms with Gasteiger partial charge in [0.05, 0.1) is 16.4 Å². The number of aromatic nitrogens is 4. The van der Waals surface area contributed by atoms with Crippen LogP contribution in [0, 0.1) is 0 Å². The Bertz CT molecular complexity index is 1250. The van der Waals surface area contributed by atoms with Gasteiger partial charge in [0.15, 0.2) is 5.65 Å². The summed E-state index contributed by atoms with van der Waals surface area (Å²) >= 11 is 3.65. The number of likely N-dealkylation sites (tertiary alicyclic amines) is 1. The molecular weight excluding hydrogens is 456 g/mol. The molecule has 0 atom stereocenters. The standard InChI is InChI=1S/C23H23BrN6O/c1-15(31)28-10-7-16(8-11-28)21-20(24)22(25)30-23(27-21)19(13-26-30)17-9-12-29(14-17)18-5-3-2-4-6-18/h2-6,9,12-14,16H,7-8,10-11,25H2,1H3. The Balaban J connectivity index is 1.53. The number of carbonyl (C=O) groups is 1. The number of amides is 1. The van der Waals surface area contributed by atoms with Crippen LogP contribution in [0.1, 0.15) is 31.4 Å². The average Bonchev–Trinajstić information content (AvgIpc) is 3.44. The van der Waals surface area contributed by atoms with E-state index in [0.29, 0.717) is 5.82 Å². The minimum atomic E-state index is 0.126. The maximum absolute atomic E-state index is 11.7. The van der Waals surface area contributed by atoms with Gasteiger partial charge in [-0.3, -0.25) is 4.79 Å². The molecule has 3 aromatic heterocycles. The Hall–Kier alpha value is -3.13. The lowest BCUT2D eigenvalue weighted by atomic mass is 9.93. The first-order valence-electron chi connectivity index (χ1n) is 10.3. The molecular formula is C23H23BrN6O. The highest BCUT2D eigenvalue weighted by Gasteiger charge is 2.27. The first kappa shape index (κ1) is 19.8. The largest absolute Gasteiger partial charge is 0.383 e. The molecule has 0 unspecified atom stereocenters. The Kier molecular flexibility index (Phi) is 5.02. The van der Waals surface area contributed by atoms with E-state index >= 15 is 0 Å². The molecule has 0 saturated carbocycles. The normalized spacial score (nSPS) is 15.0. The molecule has 0 bridgehead atoms. The summed E-state index contributed by atoms with van der Waals surface area (Å²) in [7, 11) is 0. The summed E-state index contributed by atoms with van der Waals surface area (Å²) in [5, 5.41) is 4.50. The lowest BCUT2D eigenvalue weighted by Gasteiger charge is -2.31. The second-order valence-corrected chi connectivity index (χ2v) is 8.71. The summed E-state index contributed by atoms with van der Waals surface area (Å²) in [6, 6.07) is 12.3. The molecule has 0 spiro atoms. The monoisotopic (exact) mass is 478 g/mol. The van der Waals surface area contributed by atoms with Gasteiger partial charge in [-0.1, -0.05) is 18.2 Å². The zero-order valence-corrected chi connectivity index (χ0v) is 18.8. The van der Waals surface area contributed by atoms with Crippen molar-refractivity contribution in [3.63, 3.8) is 0 Å². The summed E-state index contributed by atoms with van der Waals surface area (Å²) in [6.07, 6.45) is 7.67. The molecule has 31 heavy (non-hydrogen) atoms. The van der Waals surface area contributed by atoms with Crippen molar-refractivity contribution in [2.75, 3.05) is 18.8 Å². The third-order valence-electron chi connectivity index (χ3n) is 6.03. The molecule has 0 aliphatic carbocycles.